The molecular weight excluding hydrogens is 160 g/mol. The summed E-state index contributed by atoms with van der Waals surface area (Å²) in [5.74, 6) is 1.78. The van der Waals surface area contributed by atoms with Crippen LogP contribution in [0.1, 0.15) is 26.7 Å². The fraction of sp³-hybridized carbons (Fsp3) is 1.00. The molecule has 0 aliphatic carbocycles. The Balaban J connectivity index is 1.93. The lowest BCUT2D eigenvalue weighted by Gasteiger charge is -2.31. The number of nitrogens with zero attached hydrogens (tertiary/aromatic N) is 1. The smallest absolute Gasteiger partial charge is 0.00309 e. The van der Waals surface area contributed by atoms with E-state index in [1.165, 1.54) is 39.0 Å². The summed E-state index contributed by atoms with van der Waals surface area (Å²) in [4.78, 5) is 2.48. The van der Waals surface area contributed by atoms with Crippen LogP contribution in [0.3, 0.4) is 0 Å². The summed E-state index contributed by atoms with van der Waals surface area (Å²) < 4.78 is 0. The predicted octanol–water partition coefficient (Wildman–Crippen LogP) is 1.57. The van der Waals surface area contributed by atoms with Gasteiger partial charge in [-0.3, -0.25) is 0 Å². The average molecular weight is 184 g/mol. The average Bonchev–Trinajstić information content (AvgIpc) is 1.96. The Hall–Kier alpha value is -0.0800. The van der Waals surface area contributed by atoms with Crippen molar-refractivity contribution in [3.8, 4) is 0 Å². The maximum Gasteiger partial charge on any atom is 0.00309 e. The summed E-state index contributed by atoms with van der Waals surface area (Å²) in [5.41, 5.74) is 0. The Kier molecular flexibility index (Phi) is 4.74. The standard InChI is InChI=1S/C11H24N2/c1-10(2)5-4-6-13(3)9-11-7-12-8-11/h10-12H,4-9H2,1-3H3. The second kappa shape index (κ2) is 5.61. The van der Waals surface area contributed by atoms with Crippen LogP contribution in [0.25, 0.3) is 0 Å². The first kappa shape index (κ1) is 11.0. The maximum absolute atomic E-state index is 3.31. The lowest BCUT2D eigenvalue weighted by Crippen LogP contribution is -2.47. The summed E-state index contributed by atoms with van der Waals surface area (Å²) in [7, 11) is 2.25. The molecule has 2 nitrogen and oxygen atoms in total. The van der Waals surface area contributed by atoms with Gasteiger partial charge in [-0.25, -0.2) is 0 Å². The van der Waals surface area contributed by atoms with Crippen molar-refractivity contribution in [1.82, 2.24) is 10.2 Å². The molecule has 0 aromatic carbocycles. The second-order valence-electron chi connectivity index (χ2n) is 4.82. The Labute approximate surface area is 82.7 Å². The molecule has 0 radical (unpaired) electrons. The van der Waals surface area contributed by atoms with Crippen LogP contribution in [0.4, 0.5) is 0 Å². The van der Waals surface area contributed by atoms with Gasteiger partial charge in [-0.05, 0) is 38.3 Å². The van der Waals surface area contributed by atoms with Crippen molar-refractivity contribution in [1.29, 1.82) is 0 Å². The lowest BCUT2D eigenvalue weighted by molar-refractivity contribution is 0.219. The van der Waals surface area contributed by atoms with Crippen molar-refractivity contribution in [2.45, 2.75) is 26.7 Å². The van der Waals surface area contributed by atoms with Gasteiger partial charge in [0.05, 0.1) is 0 Å². The Morgan fingerprint density at radius 3 is 2.54 bits per heavy atom. The normalized spacial score (nSPS) is 18.2. The van der Waals surface area contributed by atoms with Crippen LogP contribution < -0.4 is 5.32 Å². The fourth-order valence-electron chi connectivity index (χ4n) is 1.78. The van der Waals surface area contributed by atoms with E-state index in [4.69, 9.17) is 0 Å². The van der Waals surface area contributed by atoms with E-state index in [0.717, 1.165) is 11.8 Å². The van der Waals surface area contributed by atoms with Crippen LogP contribution in [0, 0.1) is 11.8 Å². The zero-order valence-corrected chi connectivity index (χ0v) is 9.34. The summed E-state index contributed by atoms with van der Waals surface area (Å²) >= 11 is 0. The molecular formula is C11H24N2. The van der Waals surface area contributed by atoms with E-state index < -0.39 is 0 Å². The van der Waals surface area contributed by atoms with Crippen LogP contribution in [-0.4, -0.2) is 38.1 Å². The van der Waals surface area contributed by atoms with Crippen LogP contribution >= 0.6 is 0 Å². The van der Waals surface area contributed by atoms with E-state index in [2.05, 4.69) is 31.1 Å². The molecule has 2 heteroatoms. The predicted molar refractivity (Wildman–Crippen MR) is 57.9 cm³/mol. The molecule has 1 saturated heterocycles. The van der Waals surface area contributed by atoms with Crippen LogP contribution in [0.15, 0.2) is 0 Å². The third-order valence-electron chi connectivity index (χ3n) is 2.76. The number of rotatable bonds is 6. The Morgan fingerprint density at radius 2 is 2.08 bits per heavy atom. The van der Waals surface area contributed by atoms with Gasteiger partial charge in [-0.15, -0.1) is 0 Å². The number of hydrogen-bond acceptors (Lipinski definition) is 2. The number of hydrogen-bond donors (Lipinski definition) is 1. The molecule has 0 spiro atoms. The van der Waals surface area contributed by atoms with Gasteiger partial charge >= 0.3 is 0 Å². The first-order valence-electron chi connectivity index (χ1n) is 5.57. The van der Waals surface area contributed by atoms with Gasteiger partial charge in [0.1, 0.15) is 0 Å². The first-order valence-corrected chi connectivity index (χ1v) is 5.57. The third kappa shape index (κ3) is 4.63. The van der Waals surface area contributed by atoms with Crippen molar-refractivity contribution in [3.05, 3.63) is 0 Å². The van der Waals surface area contributed by atoms with Crippen molar-refractivity contribution >= 4 is 0 Å². The lowest BCUT2D eigenvalue weighted by atomic mass is 10.0. The summed E-state index contributed by atoms with van der Waals surface area (Å²) in [5, 5.41) is 3.31. The van der Waals surface area contributed by atoms with Crippen LogP contribution in [0.2, 0.25) is 0 Å². The minimum atomic E-state index is 0.860. The van der Waals surface area contributed by atoms with E-state index >= 15 is 0 Å². The number of nitrogens with one attached hydrogen (secondary N) is 1. The highest BCUT2D eigenvalue weighted by Crippen LogP contribution is 2.07. The highest BCUT2D eigenvalue weighted by atomic mass is 15.1. The molecule has 0 aromatic rings. The molecule has 1 N–H and O–H groups in total. The van der Waals surface area contributed by atoms with E-state index in [0.29, 0.717) is 0 Å². The SMILES string of the molecule is CC(C)CCCN(C)CC1CNC1. The molecule has 1 heterocycles. The molecule has 0 aromatic heterocycles. The van der Waals surface area contributed by atoms with Crippen LogP contribution in [0.5, 0.6) is 0 Å². The van der Waals surface area contributed by atoms with E-state index in [9.17, 15) is 0 Å². The van der Waals surface area contributed by atoms with E-state index in [1.807, 2.05) is 0 Å². The topological polar surface area (TPSA) is 15.3 Å². The molecule has 1 fully saturated rings. The van der Waals surface area contributed by atoms with Gasteiger partial charge < -0.3 is 10.2 Å². The molecule has 1 aliphatic rings. The Morgan fingerprint density at radius 1 is 1.38 bits per heavy atom. The van der Waals surface area contributed by atoms with Crippen molar-refractivity contribution in [2.24, 2.45) is 11.8 Å². The highest BCUT2D eigenvalue weighted by molar-refractivity contribution is 4.76. The zero-order chi connectivity index (χ0) is 9.68. The van der Waals surface area contributed by atoms with Gasteiger partial charge in [-0.1, -0.05) is 13.8 Å². The summed E-state index contributed by atoms with van der Waals surface area (Å²) in [6, 6.07) is 0. The first-order chi connectivity index (χ1) is 6.18. The molecule has 1 aliphatic heterocycles. The molecule has 0 amide bonds. The van der Waals surface area contributed by atoms with Gasteiger partial charge in [-0.2, -0.15) is 0 Å². The van der Waals surface area contributed by atoms with Crippen molar-refractivity contribution < 1.29 is 0 Å². The Bertz CT molecular complexity index is 130. The van der Waals surface area contributed by atoms with Crippen molar-refractivity contribution in [2.75, 3.05) is 33.2 Å². The van der Waals surface area contributed by atoms with E-state index in [1.54, 1.807) is 0 Å². The van der Waals surface area contributed by atoms with Gasteiger partial charge in [0.15, 0.2) is 0 Å². The quantitative estimate of drug-likeness (QED) is 0.674. The molecule has 0 bridgehead atoms. The van der Waals surface area contributed by atoms with Gasteiger partial charge in [0, 0.05) is 19.6 Å². The van der Waals surface area contributed by atoms with Crippen LogP contribution in [-0.2, 0) is 0 Å². The largest absolute Gasteiger partial charge is 0.316 e. The molecule has 0 saturated carbocycles. The summed E-state index contributed by atoms with van der Waals surface area (Å²) in [6.45, 7) is 9.62. The molecule has 13 heavy (non-hydrogen) atoms. The summed E-state index contributed by atoms with van der Waals surface area (Å²) in [6.07, 6.45) is 2.72. The monoisotopic (exact) mass is 184 g/mol. The molecule has 78 valence electrons. The fourth-order valence-corrected chi connectivity index (χ4v) is 1.78. The molecule has 0 atom stereocenters. The van der Waals surface area contributed by atoms with Gasteiger partial charge in [0.25, 0.3) is 0 Å². The minimum absolute atomic E-state index is 0.860. The maximum atomic E-state index is 3.31. The highest BCUT2D eigenvalue weighted by Gasteiger charge is 2.17. The third-order valence-corrected chi connectivity index (χ3v) is 2.76. The minimum Gasteiger partial charge on any atom is -0.316 e. The second-order valence-corrected chi connectivity index (χ2v) is 4.82. The molecule has 0 unspecified atom stereocenters. The zero-order valence-electron chi connectivity index (χ0n) is 9.34. The van der Waals surface area contributed by atoms with E-state index in [-0.39, 0.29) is 0 Å². The van der Waals surface area contributed by atoms with Gasteiger partial charge in [0.2, 0.25) is 0 Å². The molecule has 1 rings (SSSR count). The van der Waals surface area contributed by atoms with Crippen molar-refractivity contribution in [3.63, 3.8) is 0 Å².